The molecule has 1 aromatic rings. The van der Waals surface area contributed by atoms with Crippen LogP contribution in [0, 0.1) is 0 Å². The van der Waals surface area contributed by atoms with Crippen LogP contribution in [0.3, 0.4) is 0 Å². The molecule has 108 valence electrons. The second kappa shape index (κ2) is 6.76. The van der Waals surface area contributed by atoms with E-state index in [0.717, 1.165) is 0 Å². The fourth-order valence-electron chi connectivity index (χ4n) is 1.54. The first-order valence-electron chi connectivity index (χ1n) is 5.41. The molecule has 0 saturated heterocycles. The van der Waals surface area contributed by atoms with Gasteiger partial charge in [-0.1, -0.05) is 11.6 Å². The summed E-state index contributed by atoms with van der Waals surface area (Å²) in [6, 6.07) is 4.23. The fraction of sp³-hybridized carbons (Fsp3) is 0.250. The summed E-state index contributed by atoms with van der Waals surface area (Å²) in [4.78, 5) is 34.3. The third-order valence-electron chi connectivity index (χ3n) is 2.33. The van der Waals surface area contributed by atoms with Crippen LogP contribution in [-0.4, -0.2) is 53.2 Å². The van der Waals surface area contributed by atoms with Gasteiger partial charge in [0.15, 0.2) is 0 Å². The number of hydrogen-bond donors (Lipinski definition) is 2. The van der Waals surface area contributed by atoms with Gasteiger partial charge in [0.05, 0.1) is 12.7 Å². The third kappa shape index (κ3) is 4.13. The Hall–Kier alpha value is -2.28. The Bertz CT molecular complexity index is 529. The molecule has 8 heteroatoms. The number of hydrogen-bond acceptors (Lipinski definition) is 4. The molecule has 7 nitrogen and oxygen atoms in total. The number of rotatable bonds is 6. The van der Waals surface area contributed by atoms with Gasteiger partial charge in [0, 0.05) is 5.02 Å². The molecule has 1 amide bonds. The number of amides is 1. The summed E-state index contributed by atoms with van der Waals surface area (Å²) in [6.45, 7) is -1.47. The normalized spacial score (nSPS) is 9.90. The minimum absolute atomic E-state index is 0.00231. The molecule has 0 radical (unpaired) electrons. The summed E-state index contributed by atoms with van der Waals surface area (Å²) in [7, 11) is 1.33. The number of carbonyl (C=O) groups is 3. The number of nitrogens with zero attached hydrogens (tertiary/aromatic N) is 1. The van der Waals surface area contributed by atoms with E-state index in [1.165, 1.54) is 25.3 Å². The predicted molar refractivity (Wildman–Crippen MR) is 69.2 cm³/mol. The molecule has 1 rings (SSSR count). The maximum Gasteiger partial charge on any atom is 0.323 e. The van der Waals surface area contributed by atoms with Crippen molar-refractivity contribution < 1.29 is 29.3 Å². The first-order chi connectivity index (χ1) is 9.35. The SMILES string of the molecule is COc1ccc(Cl)cc1C(=O)N(CC(=O)O)CC(=O)O. The van der Waals surface area contributed by atoms with Gasteiger partial charge in [0.2, 0.25) is 0 Å². The number of ether oxygens (including phenoxy) is 1. The van der Waals surface area contributed by atoms with Gasteiger partial charge < -0.3 is 19.8 Å². The van der Waals surface area contributed by atoms with Crippen molar-refractivity contribution in [1.29, 1.82) is 0 Å². The quantitative estimate of drug-likeness (QED) is 0.811. The minimum Gasteiger partial charge on any atom is -0.496 e. The zero-order chi connectivity index (χ0) is 15.3. The van der Waals surface area contributed by atoms with Gasteiger partial charge in [-0.25, -0.2) is 0 Å². The maximum absolute atomic E-state index is 12.2. The van der Waals surface area contributed by atoms with Crippen molar-refractivity contribution in [3.63, 3.8) is 0 Å². The van der Waals surface area contributed by atoms with E-state index in [1.807, 2.05) is 0 Å². The molecular weight excluding hydrogens is 290 g/mol. The first-order valence-corrected chi connectivity index (χ1v) is 5.79. The van der Waals surface area contributed by atoms with Gasteiger partial charge in [-0.05, 0) is 18.2 Å². The smallest absolute Gasteiger partial charge is 0.323 e. The van der Waals surface area contributed by atoms with E-state index < -0.39 is 30.9 Å². The van der Waals surface area contributed by atoms with Crippen LogP contribution in [0.25, 0.3) is 0 Å². The van der Waals surface area contributed by atoms with E-state index in [-0.39, 0.29) is 16.3 Å². The molecule has 0 aliphatic carbocycles. The molecule has 0 fully saturated rings. The number of methoxy groups -OCH3 is 1. The molecule has 0 saturated carbocycles. The molecule has 0 aromatic heterocycles. The highest BCUT2D eigenvalue weighted by Crippen LogP contribution is 2.24. The van der Waals surface area contributed by atoms with Crippen LogP contribution in [-0.2, 0) is 9.59 Å². The third-order valence-corrected chi connectivity index (χ3v) is 2.57. The monoisotopic (exact) mass is 301 g/mol. The second-order valence-electron chi connectivity index (χ2n) is 3.79. The van der Waals surface area contributed by atoms with Crippen molar-refractivity contribution in [3.8, 4) is 5.75 Å². The fourth-order valence-corrected chi connectivity index (χ4v) is 1.72. The van der Waals surface area contributed by atoms with Crippen LogP contribution in [0.5, 0.6) is 5.75 Å². The molecule has 0 atom stereocenters. The Balaban J connectivity index is 3.13. The molecular formula is C12H12ClNO6. The summed E-state index contributed by atoms with van der Waals surface area (Å²) in [5.41, 5.74) is 0.00231. The van der Waals surface area contributed by atoms with Crippen molar-refractivity contribution in [1.82, 2.24) is 4.90 Å². The lowest BCUT2D eigenvalue weighted by Crippen LogP contribution is -2.39. The van der Waals surface area contributed by atoms with Gasteiger partial charge in [-0.15, -0.1) is 0 Å². The van der Waals surface area contributed by atoms with Crippen molar-refractivity contribution in [2.75, 3.05) is 20.2 Å². The summed E-state index contributed by atoms with van der Waals surface area (Å²) < 4.78 is 4.98. The van der Waals surface area contributed by atoms with E-state index >= 15 is 0 Å². The molecule has 2 N–H and O–H groups in total. The van der Waals surface area contributed by atoms with E-state index in [9.17, 15) is 14.4 Å². The molecule has 1 aromatic carbocycles. The van der Waals surface area contributed by atoms with Crippen LogP contribution in [0.4, 0.5) is 0 Å². The molecule has 0 aliphatic heterocycles. The highest BCUT2D eigenvalue weighted by molar-refractivity contribution is 6.31. The number of benzene rings is 1. The zero-order valence-electron chi connectivity index (χ0n) is 10.5. The largest absolute Gasteiger partial charge is 0.496 e. The van der Waals surface area contributed by atoms with Crippen LogP contribution in [0.1, 0.15) is 10.4 Å². The Morgan fingerprint density at radius 1 is 1.20 bits per heavy atom. The number of halogens is 1. The number of carboxylic acids is 2. The van der Waals surface area contributed by atoms with Crippen molar-refractivity contribution >= 4 is 29.4 Å². The average Bonchev–Trinajstić information content (AvgIpc) is 2.36. The predicted octanol–water partition coefficient (Wildman–Crippen LogP) is 0.960. The van der Waals surface area contributed by atoms with E-state index in [2.05, 4.69) is 0 Å². The average molecular weight is 302 g/mol. The van der Waals surface area contributed by atoms with Gasteiger partial charge in [-0.3, -0.25) is 14.4 Å². The Morgan fingerprint density at radius 3 is 2.20 bits per heavy atom. The van der Waals surface area contributed by atoms with Gasteiger partial charge in [0.25, 0.3) is 5.91 Å². The van der Waals surface area contributed by atoms with E-state index in [4.69, 9.17) is 26.6 Å². The Morgan fingerprint density at radius 2 is 1.75 bits per heavy atom. The first kappa shape index (κ1) is 15.8. The maximum atomic E-state index is 12.2. The number of carboxylic acid groups (broad SMARTS) is 2. The Labute approximate surface area is 119 Å². The van der Waals surface area contributed by atoms with E-state index in [0.29, 0.717) is 4.90 Å². The molecule has 0 heterocycles. The summed E-state index contributed by atoms with van der Waals surface area (Å²) >= 11 is 5.78. The van der Waals surface area contributed by atoms with Crippen LogP contribution >= 0.6 is 11.6 Å². The van der Waals surface area contributed by atoms with Gasteiger partial charge in [-0.2, -0.15) is 0 Å². The van der Waals surface area contributed by atoms with Crippen LogP contribution < -0.4 is 4.74 Å². The number of carbonyl (C=O) groups excluding carboxylic acids is 1. The lowest BCUT2D eigenvalue weighted by molar-refractivity contribution is -0.140. The lowest BCUT2D eigenvalue weighted by Gasteiger charge is -2.19. The van der Waals surface area contributed by atoms with Gasteiger partial charge in [0.1, 0.15) is 18.8 Å². The summed E-state index contributed by atoms with van der Waals surface area (Å²) in [6.07, 6.45) is 0. The highest BCUT2D eigenvalue weighted by atomic mass is 35.5. The Kier molecular flexibility index (Phi) is 5.33. The molecule has 0 unspecified atom stereocenters. The van der Waals surface area contributed by atoms with Gasteiger partial charge >= 0.3 is 11.9 Å². The van der Waals surface area contributed by atoms with Crippen molar-refractivity contribution in [2.24, 2.45) is 0 Å². The van der Waals surface area contributed by atoms with Crippen LogP contribution in [0.15, 0.2) is 18.2 Å². The molecule has 20 heavy (non-hydrogen) atoms. The summed E-state index contributed by atoms with van der Waals surface area (Å²) in [5, 5.41) is 17.7. The molecule has 0 spiro atoms. The standard InChI is InChI=1S/C12H12ClNO6/c1-20-9-3-2-7(13)4-8(9)12(19)14(5-10(15)16)6-11(17)18/h2-4H,5-6H2,1H3,(H,15,16)(H,17,18). The van der Waals surface area contributed by atoms with Crippen molar-refractivity contribution in [3.05, 3.63) is 28.8 Å². The number of aliphatic carboxylic acids is 2. The van der Waals surface area contributed by atoms with E-state index in [1.54, 1.807) is 0 Å². The minimum atomic E-state index is -1.32. The molecule has 0 bridgehead atoms. The second-order valence-corrected chi connectivity index (χ2v) is 4.23. The molecule has 0 aliphatic rings. The van der Waals surface area contributed by atoms with Crippen molar-refractivity contribution in [2.45, 2.75) is 0 Å². The summed E-state index contributed by atoms with van der Waals surface area (Å²) in [5.74, 6) is -3.24. The van der Waals surface area contributed by atoms with Crippen LogP contribution in [0.2, 0.25) is 5.02 Å². The topological polar surface area (TPSA) is 104 Å². The highest BCUT2D eigenvalue weighted by Gasteiger charge is 2.24. The zero-order valence-corrected chi connectivity index (χ0v) is 11.3. The lowest BCUT2D eigenvalue weighted by atomic mass is 10.1.